The molecule has 0 saturated heterocycles. The number of aromatic nitrogens is 2. The molecule has 0 aliphatic carbocycles. The van der Waals surface area contributed by atoms with Gasteiger partial charge in [-0.2, -0.15) is 0 Å². The average Bonchev–Trinajstić information content (AvgIpc) is 2.24. The normalized spacial score (nSPS) is 9.93. The summed E-state index contributed by atoms with van der Waals surface area (Å²) in [6.07, 6.45) is 2.80. The van der Waals surface area contributed by atoms with Crippen molar-refractivity contribution in [1.29, 1.82) is 0 Å². The molecule has 1 aromatic heterocycles. The Morgan fingerprint density at radius 3 is 2.80 bits per heavy atom. The number of rotatable bonds is 2. The topological polar surface area (TPSA) is 63.8 Å². The zero-order valence-corrected chi connectivity index (χ0v) is 7.81. The van der Waals surface area contributed by atoms with Gasteiger partial charge in [0.15, 0.2) is 5.82 Å². The lowest BCUT2D eigenvalue weighted by molar-refractivity contribution is 0.632. The molecule has 0 fully saturated rings. The fourth-order valence-electron chi connectivity index (χ4n) is 1.13. The third-order valence-corrected chi connectivity index (χ3v) is 1.87. The third-order valence-electron chi connectivity index (χ3n) is 1.87. The Kier molecular flexibility index (Phi) is 2.45. The Hall–Kier alpha value is -2.17. The second-order valence-electron chi connectivity index (χ2n) is 2.93. The first-order chi connectivity index (χ1) is 7.27. The molecule has 2 rings (SSSR count). The van der Waals surface area contributed by atoms with Gasteiger partial charge in [0.25, 0.3) is 0 Å². The minimum absolute atomic E-state index is 0.336. The van der Waals surface area contributed by atoms with Gasteiger partial charge in [-0.05, 0) is 12.1 Å². The number of benzene rings is 1. The van der Waals surface area contributed by atoms with E-state index in [-0.39, 0.29) is 5.82 Å². The van der Waals surface area contributed by atoms with Crippen molar-refractivity contribution >= 4 is 17.2 Å². The molecule has 0 unspecified atom stereocenters. The summed E-state index contributed by atoms with van der Waals surface area (Å²) in [5, 5.41) is 2.79. The number of nitrogens with one attached hydrogen (secondary N) is 1. The van der Waals surface area contributed by atoms with Crippen LogP contribution < -0.4 is 11.1 Å². The van der Waals surface area contributed by atoms with Crippen LogP contribution in [0, 0.1) is 5.82 Å². The highest BCUT2D eigenvalue weighted by Gasteiger charge is 2.03. The van der Waals surface area contributed by atoms with Crippen LogP contribution in [0.5, 0.6) is 0 Å². The Morgan fingerprint density at radius 1 is 1.27 bits per heavy atom. The summed E-state index contributed by atoms with van der Waals surface area (Å²) in [4.78, 5) is 7.64. The average molecular weight is 204 g/mol. The number of hydrogen-bond acceptors (Lipinski definition) is 4. The number of para-hydroxylation sites is 1. The number of nitrogens with two attached hydrogens (primary N) is 1. The summed E-state index contributed by atoms with van der Waals surface area (Å²) in [5.41, 5.74) is 6.32. The van der Waals surface area contributed by atoms with Gasteiger partial charge in [0, 0.05) is 0 Å². The molecule has 4 nitrogen and oxygen atoms in total. The number of nitrogen functional groups attached to an aromatic ring is 1. The number of hydrogen-bond donors (Lipinski definition) is 2. The lowest BCUT2D eigenvalue weighted by Crippen LogP contribution is -2.00. The van der Waals surface area contributed by atoms with Crippen LogP contribution in [0.3, 0.4) is 0 Å². The minimum Gasteiger partial charge on any atom is -0.394 e. The van der Waals surface area contributed by atoms with Gasteiger partial charge < -0.3 is 11.1 Å². The van der Waals surface area contributed by atoms with Crippen molar-refractivity contribution in [3.05, 3.63) is 42.6 Å². The van der Waals surface area contributed by atoms with Crippen LogP contribution in [0.15, 0.2) is 36.8 Å². The van der Waals surface area contributed by atoms with E-state index in [0.29, 0.717) is 17.2 Å². The predicted molar refractivity (Wildman–Crippen MR) is 56.1 cm³/mol. The summed E-state index contributed by atoms with van der Waals surface area (Å²) in [6, 6.07) is 6.31. The van der Waals surface area contributed by atoms with Gasteiger partial charge in [-0.1, -0.05) is 12.1 Å². The molecular weight excluding hydrogens is 195 g/mol. The van der Waals surface area contributed by atoms with Crippen LogP contribution in [0.1, 0.15) is 0 Å². The molecule has 5 heteroatoms. The van der Waals surface area contributed by atoms with E-state index in [0.717, 1.165) is 0 Å². The lowest BCUT2D eigenvalue weighted by Gasteiger charge is -2.07. The van der Waals surface area contributed by atoms with Crippen molar-refractivity contribution in [2.45, 2.75) is 0 Å². The summed E-state index contributed by atoms with van der Waals surface area (Å²) in [5.74, 6) is 0.0469. The first-order valence-electron chi connectivity index (χ1n) is 4.34. The monoisotopic (exact) mass is 204 g/mol. The van der Waals surface area contributed by atoms with E-state index >= 15 is 0 Å². The zero-order valence-electron chi connectivity index (χ0n) is 7.81. The quantitative estimate of drug-likeness (QED) is 0.784. The molecule has 0 aliphatic heterocycles. The molecule has 0 aliphatic rings. The minimum atomic E-state index is -0.351. The van der Waals surface area contributed by atoms with Gasteiger partial charge in [-0.15, -0.1) is 0 Å². The molecule has 0 bridgehead atoms. The molecule has 0 radical (unpaired) electrons. The standard InChI is InChI=1S/C10H9FN4/c11-7-3-1-2-4-9(7)15-10-8(12)5-13-6-14-10/h1-6H,12H2,(H,13,14,15). The zero-order chi connectivity index (χ0) is 10.7. The summed E-state index contributed by atoms with van der Waals surface area (Å²) in [6.45, 7) is 0. The van der Waals surface area contributed by atoms with Crippen LogP contribution in [-0.4, -0.2) is 9.97 Å². The van der Waals surface area contributed by atoms with Gasteiger partial charge in [-0.3, -0.25) is 0 Å². The van der Waals surface area contributed by atoms with Gasteiger partial charge in [-0.25, -0.2) is 14.4 Å². The van der Waals surface area contributed by atoms with Crippen LogP contribution in [-0.2, 0) is 0 Å². The van der Waals surface area contributed by atoms with E-state index in [2.05, 4.69) is 15.3 Å². The van der Waals surface area contributed by atoms with Gasteiger partial charge in [0.05, 0.1) is 17.6 Å². The molecule has 15 heavy (non-hydrogen) atoms. The summed E-state index contributed by atoms with van der Waals surface area (Å²) < 4.78 is 13.3. The number of nitrogens with zero attached hydrogens (tertiary/aromatic N) is 2. The van der Waals surface area contributed by atoms with Crippen molar-refractivity contribution < 1.29 is 4.39 Å². The largest absolute Gasteiger partial charge is 0.394 e. The Labute approximate surface area is 86.0 Å². The fraction of sp³-hybridized carbons (Fsp3) is 0. The molecule has 0 spiro atoms. The second kappa shape index (κ2) is 3.91. The molecule has 76 valence electrons. The summed E-state index contributed by atoms with van der Waals surface area (Å²) >= 11 is 0. The number of halogens is 1. The van der Waals surface area contributed by atoms with Crippen molar-refractivity contribution in [2.24, 2.45) is 0 Å². The van der Waals surface area contributed by atoms with Crippen LogP contribution in [0.25, 0.3) is 0 Å². The van der Waals surface area contributed by atoms with Crippen molar-refractivity contribution in [3.63, 3.8) is 0 Å². The predicted octanol–water partition coefficient (Wildman–Crippen LogP) is 1.94. The smallest absolute Gasteiger partial charge is 0.157 e. The Balaban J connectivity index is 2.30. The second-order valence-corrected chi connectivity index (χ2v) is 2.93. The van der Waals surface area contributed by atoms with Gasteiger partial charge in [0.2, 0.25) is 0 Å². The molecule has 0 atom stereocenters. The maximum Gasteiger partial charge on any atom is 0.157 e. The first kappa shape index (κ1) is 9.39. The molecule has 0 saturated carbocycles. The first-order valence-corrected chi connectivity index (χ1v) is 4.34. The highest BCUT2D eigenvalue weighted by molar-refractivity contribution is 5.67. The van der Waals surface area contributed by atoms with E-state index in [1.807, 2.05) is 0 Å². The van der Waals surface area contributed by atoms with Crippen LogP contribution >= 0.6 is 0 Å². The van der Waals surface area contributed by atoms with Gasteiger partial charge >= 0.3 is 0 Å². The molecule has 3 N–H and O–H groups in total. The van der Waals surface area contributed by atoms with Crippen LogP contribution in [0.4, 0.5) is 21.6 Å². The molecular formula is C10H9FN4. The SMILES string of the molecule is Nc1cncnc1Nc1ccccc1F. The maximum absolute atomic E-state index is 13.3. The van der Waals surface area contributed by atoms with Crippen molar-refractivity contribution in [2.75, 3.05) is 11.1 Å². The highest BCUT2D eigenvalue weighted by Crippen LogP contribution is 2.20. The van der Waals surface area contributed by atoms with Crippen LogP contribution in [0.2, 0.25) is 0 Å². The number of anilines is 3. The maximum atomic E-state index is 13.3. The summed E-state index contributed by atoms with van der Waals surface area (Å²) in [7, 11) is 0. The Bertz CT molecular complexity index is 429. The molecule has 1 heterocycles. The van der Waals surface area contributed by atoms with Crippen molar-refractivity contribution in [1.82, 2.24) is 9.97 Å². The van der Waals surface area contributed by atoms with Gasteiger partial charge in [0.1, 0.15) is 12.1 Å². The highest BCUT2D eigenvalue weighted by atomic mass is 19.1. The Morgan fingerprint density at radius 2 is 2.07 bits per heavy atom. The third kappa shape index (κ3) is 2.01. The van der Waals surface area contributed by atoms with Crippen molar-refractivity contribution in [3.8, 4) is 0 Å². The van der Waals surface area contributed by atoms with E-state index in [1.54, 1.807) is 18.2 Å². The van der Waals surface area contributed by atoms with E-state index in [4.69, 9.17) is 5.73 Å². The van der Waals surface area contributed by atoms with E-state index in [1.165, 1.54) is 18.6 Å². The van der Waals surface area contributed by atoms with E-state index in [9.17, 15) is 4.39 Å². The molecule has 0 amide bonds. The van der Waals surface area contributed by atoms with E-state index < -0.39 is 0 Å². The molecule has 1 aromatic carbocycles. The fourth-order valence-corrected chi connectivity index (χ4v) is 1.13. The lowest BCUT2D eigenvalue weighted by atomic mass is 10.3. The molecule has 2 aromatic rings.